The first kappa shape index (κ1) is 17.5. The summed E-state index contributed by atoms with van der Waals surface area (Å²) < 4.78 is 0. The van der Waals surface area contributed by atoms with E-state index in [0.717, 1.165) is 23.7 Å². The monoisotopic (exact) mass is 338 g/mol. The van der Waals surface area contributed by atoms with Gasteiger partial charge in [-0.2, -0.15) is 0 Å². The topological polar surface area (TPSA) is 58.1 Å². The molecule has 0 spiro atoms. The summed E-state index contributed by atoms with van der Waals surface area (Å²) in [7, 11) is 0. The number of rotatable bonds is 5. The quantitative estimate of drug-likeness (QED) is 0.911. The van der Waals surface area contributed by atoms with Crippen molar-refractivity contribution in [2.24, 2.45) is 5.92 Å². The fourth-order valence-electron chi connectivity index (χ4n) is 3.23. The summed E-state index contributed by atoms with van der Waals surface area (Å²) >= 11 is 0. The van der Waals surface area contributed by atoms with E-state index in [1.807, 2.05) is 6.92 Å². The number of piperidine rings is 1. The first-order valence-corrected chi connectivity index (χ1v) is 8.97. The van der Waals surface area contributed by atoms with Crippen LogP contribution in [0.2, 0.25) is 0 Å². The van der Waals surface area contributed by atoms with Crippen LogP contribution in [0.15, 0.2) is 36.7 Å². The second-order valence-corrected chi connectivity index (χ2v) is 7.02. The molecular weight excluding hydrogens is 312 g/mol. The van der Waals surface area contributed by atoms with Gasteiger partial charge in [-0.25, -0.2) is 4.98 Å². The van der Waals surface area contributed by atoms with Gasteiger partial charge in [0.15, 0.2) is 0 Å². The van der Waals surface area contributed by atoms with Crippen molar-refractivity contribution in [1.82, 2.24) is 20.2 Å². The van der Waals surface area contributed by atoms with E-state index in [1.165, 1.54) is 37.7 Å². The molecule has 1 aliphatic heterocycles. The van der Waals surface area contributed by atoms with Gasteiger partial charge >= 0.3 is 0 Å². The zero-order chi connectivity index (χ0) is 17.6. The van der Waals surface area contributed by atoms with Crippen molar-refractivity contribution < 1.29 is 4.79 Å². The third kappa shape index (κ3) is 5.10. The van der Waals surface area contributed by atoms with Crippen molar-refractivity contribution in [3.05, 3.63) is 59.2 Å². The molecule has 2 heterocycles. The minimum Gasteiger partial charge on any atom is -0.347 e. The van der Waals surface area contributed by atoms with Gasteiger partial charge in [0.1, 0.15) is 5.69 Å². The smallest absolute Gasteiger partial charge is 0.271 e. The van der Waals surface area contributed by atoms with Gasteiger partial charge in [0.25, 0.3) is 5.91 Å². The summed E-state index contributed by atoms with van der Waals surface area (Å²) in [6.07, 6.45) is 5.76. The van der Waals surface area contributed by atoms with E-state index in [0.29, 0.717) is 12.2 Å². The molecule has 1 N–H and O–H groups in total. The van der Waals surface area contributed by atoms with Gasteiger partial charge in [-0.15, -0.1) is 0 Å². The molecular formula is C20H26N4O. The Bertz CT molecular complexity index is 697. The number of aromatic nitrogens is 2. The lowest BCUT2D eigenvalue weighted by Crippen LogP contribution is -2.33. The highest BCUT2D eigenvalue weighted by molar-refractivity contribution is 5.91. The molecule has 1 fully saturated rings. The summed E-state index contributed by atoms with van der Waals surface area (Å²) in [6.45, 7) is 8.07. The Morgan fingerprint density at radius 3 is 2.64 bits per heavy atom. The Labute approximate surface area is 149 Å². The predicted octanol–water partition coefficient (Wildman–Crippen LogP) is 2.95. The molecule has 1 aliphatic rings. The van der Waals surface area contributed by atoms with E-state index in [4.69, 9.17) is 0 Å². The predicted molar refractivity (Wildman–Crippen MR) is 98.1 cm³/mol. The number of amides is 1. The molecule has 0 saturated carbocycles. The summed E-state index contributed by atoms with van der Waals surface area (Å²) in [4.78, 5) is 22.8. The second-order valence-electron chi connectivity index (χ2n) is 7.02. The Morgan fingerprint density at radius 1 is 1.20 bits per heavy atom. The standard InChI is InChI=1S/C20H26N4O/c1-15-4-3-9-24(13-15)14-18-7-5-17(6-8-18)11-23-20(25)19-12-21-16(2)10-22-19/h5-8,10,12,15H,3-4,9,11,13-14H2,1-2H3,(H,23,25). The average molecular weight is 338 g/mol. The number of likely N-dealkylation sites (tertiary alicyclic amines) is 1. The van der Waals surface area contributed by atoms with E-state index in [2.05, 4.69) is 51.4 Å². The zero-order valence-electron chi connectivity index (χ0n) is 15.0. The molecule has 1 amide bonds. The molecule has 1 atom stereocenters. The molecule has 0 radical (unpaired) electrons. The van der Waals surface area contributed by atoms with E-state index >= 15 is 0 Å². The van der Waals surface area contributed by atoms with Crippen LogP contribution in [-0.2, 0) is 13.1 Å². The molecule has 5 nitrogen and oxygen atoms in total. The van der Waals surface area contributed by atoms with Gasteiger partial charge in [-0.1, -0.05) is 31.2 Å². The number of nitrogens with zero attached hydrogens (tertiary/aromatic N) is 3. The molecule has 132 valence electrons. The number of hydrogen-bond donors (Lipinski definition) is 1. The van der Waals surface area contributed by atoms with Crippen molar-refractivity contribution in [1.29, 1.82) is 0 Å². The summed E-state index contributed by atoms with van der Waals surface area (Å²) in [5, 5.41) is 2.89. The van der Waals surface area contributed by atoms with E-state index < -0.39 is 0 Å². The maximum Gasteiger partial charge on any atom is 0.271 e. The van der Waals surface area contributed by atoms with Gasteiger partial charge in [0.2, 0.25) is 0 Å². The van der Waals surface area contributed by atoms with E-state index in [9.17, 15) is 4.79 Å². The Kier molecular flexibility index (Phi) is 5.76. The minimum absolute atomic E-state index is 0.195. The summed E-state index contributed by atoms with van der Waals surface area (Å²) in [6, 6.07) is 8.49. The van der Waals surface area contributed by atoms with E-state index in [-0.39, 0.29) is 5.91 Å². The van der Waals surface area contributed by atoms with Crippen LogP contribution in [0.5, 0.6) is 0 Å². The molecule has 1 aromatic heterocycles. The highest BCUT2D eigenvalue weighted by atomic mass is 16.1. The third-order valence-corrected chi connectivity index (χ3v) is 4.64. The highest BCUT2D eigenvalue weighted by Gasteiger charge is 2.16. The van der Waals surface area contributed by atoms with Crippen LogP contribution in [0.4, 0.5) is 0 Å². The molecule has 1 aromatic carbocycles. The summed E-state index contributed by atoms with van der Waals surface area (Å²) in [5.74, 6) is 0.604. The number of carbonyl (C=O) groups is 1. The Morgan fingerprint density at radius 2 is 1.96 bits per heavy atom. The maximum atomic E-state index is 12.1. The van der Waals surface area contributed by atoms with Crippen LogP contribution in [0.3, 0.4) is 0 Å². The Hall–Kier alpha value is -2.27. The first-order valence-electron chi connectivity index (χ1n) is 8.97. The fraction of sp³-hybridized carbons (Fsp3) is 0.450. The van der Waals surface area contributed by atoms with Crippen molar-refractivity contribution >= 4 is 5.91 Å². The third-order valence-electron chi connectivity index (χ3n) is 4.64. The lowest BCUT2D eigenvalue weighted by atomic mass is 9.99. The van der Waals surface area contributed by atoms with Gasteiger partial charge in [0.05, 0.1) is 11.9 Å². The molecule has 3 rings (SSSR count). The van der Waals surface area contributed by atoms with Crippen LogP contribution >= 0.6 is 0 Å². The van der Waals surface area contributed by atoms with Crippen molar-refractivity contribution in [2.75, 3.05) is 13.1 Å². The molecule has 0 aliphatic carbocycles. The van der Waals surface area contributed by atoms with Gasteiger partial charge in [-0.05, 0) is 43.4 Å². The van der Waals surface area contributed by atoms with Crippen LogP contribution in [-0.4, -0.2) is 33.9 Å². The average Bonchev–Trinajstić information content (AvgIpc) is 2.61. The van der Waals surface area contributed by atoms with Crippen LogP contribution in [0, 0.1) is 12.8 Å². The number of nitrogens with one attached hydrogen (secondary N) is 1. The van der Waals surface area contributed by atoms with Gasteiger partial charge < -0.3 is 5.32 Å². The molecule has 1 unspecified atom stereocenters. The number of benzene rings is 1. The normalized spacial score (nSPS) is 18.1. The Balaban J connectivity index is 1.50. The molecule has 2 aromatic rings. The van der Waals surface area contributed by atoms with Crippen molar-refractivity contribution in [3.63, 3.8) is 0 Å². The lowest BCUT2D eigenvalue weighted by molar-refractivity contribution is 0.0945. The van der Waals surface area contributed by atoms with E-state index in [1.54, 1.807) is 6.20 Å². The second kappa shape index (κ2) is 8.21. The maximum absolute atomic E-state index is 12.1. The molecule has 0 bridgehead atoms. The van der Waals surface area contributed by atoms with Crippen molar-refractivity contribution in [3.8, 4) is 0 Å². The fourth-order valence-corrected chi connectivity index (χ4v) is 3.23. The highest BCUT2D eigenvalue weighted by Crippen LogP contribution is 2.18. The van der Waals surface area contributed by atoms with Crippen molar-refractivity contribution in [2.45, 2.75) is 39.8 Å². The summed E-state index contributed by atoms with van der Waals surface area (Å²) in [5.41, 5.74) is 3.56. The number of carbonyl (C=O) groups excluding carboxylic acids is 1. The van der Waals surface area contributed by atoms with Gasteiger partial charge in [-0.3, -0.25) is 14.7 Å². The first-order chi connectivity index (χ1) is 12.1. The lowest BCUT2D eigenvalue weighted by Gasteiger charge is -2.30. The number of hydrogen-bond acceptors (Lipinski definition) is 4. The molecule has 25 heavy (non-hydrogen) atoms. The number of aryl methyl sites for hydroxylation is 1. The molecule has 1 saturated heterocycles. The SMILES string of the molecule is Cc1cnc(C(=O)NCc2ccc(CN3CCCC(C)C3)cc2)cn1. The van der Waals surface area contributed by atoms with Gasteiger partial charge in [0, 0.05) is 25.8 Å². The van der Waals surface area contributed by atoms with Crippen LogP contribution in [0.1, 0.15) is 47.1 Å². The zero-order valence-corrected chi connectivity index (χ0v) is 15.0. The van der Waals surface area contributed by atoms with Crippen LogP contribution in [0.25, 0.3) is 0 Å². The van der Waals surface area contributed by atoms with Crippen LogP contribution < -0.4 is 5.32 Å². The molecule has 5 heteroatoms. The largest absolute Gasteiger partial charge is 0.347 e. The minimum atomic E-state index is -0.195.